The van der Waals surface area contributed by atoms with Crippen molar-refractivity contribution >= 4 is 11.7 Å². The van der Waals surface area contributed by atoms with E-state index in [0.29, 0.717) is 5.69 Å². The minimum atomic E-state index is -0.278. The largest absolute Gasteiger partial charge is 0.508 e. The number of hydrogen-bond donors (Lipinski definition) is 2. The number of aromatic hydroxyl groups is 1. The second kappa shape index (κ2) is 7.36. The smallest absolute Gasteiger partial charge is 0.324 e. The Balaban J connectivity index is 1.88. The molecule has 0 aliphatic heterocycles. The number of rotatable bonds is 5. The van der Waals surface area contributed by atoms with E-state index in [-0.39, 0.29) is 18.5 Å². The third-order valence-corrected chi connectivity index (χ3v) is 3.35. The number of urea groups is 1. The summed E-state index contributed by atoms with van der Waals surface area (Å²) in [5.41, 5.74) is 1.79. The van der Waals surface area contributed by atoms with Gasteiger partial charge in [-0.15, -0.1) is 0 Å². The lowest BCUT2D eigenvalue weighted by molar-refractivity contribution is 0.230. The molecule has 2 aromatic carbocycles. The number of phenolic OH excluding ortho intramolecular Hbond substituents is 1. The van der Waals surface area contributed by atoms with Gasteiger partial charge < -0.3 is 15.2 Å². The van der Waals surface area contributed by atoms with E-state index >= 15 is 0 Å². The standard InChI is InChI=1S/C17H20N2O3/c1-3-13-6-4-5-7-16(13)22-12-18-17(21)19(2)14-8-10-15(20)11-9-14/h4-11,20H,3,12H2,1-2H3,(H,18,21). The molecular weight excluding hydrogens is 280 g/mol. The lowest BCUT2D eigenvalue weighted by Gasteiger charge is -2.18. The Morgan fingerprint density at radius 1 is 1.18 bits per heavy atom. The number of ether oxygens (including phenoxy) is 1. The highest BCUT2D eigenvalue weighted by atomic mass is 16.5. The Morgan fingerprint density at radius 3 is 2.55 bits per heavy atom. The van der Waals surface area contributed by atoms with Crippen molar-refractivity contribution in [3.63, 3.8) is 0 Å². The summed E-state index contributed by atoms with van der Waals surface area (Å²) in [5, 5.41) is 12.0. The van der Waals surface area contributed by atoms with Gasteiger partial charge in [-0.3, -0.25) is 4.90 Å². The number of nitrogens with one attached hydrogen (secondary N) is 1. The molecule has 0 aliphatic rings. The van der Waals surface area contributed by atoms with Crippen LogP contribution in [0.25, 0.3) is 0 Å². The molecule has 0 aliphatic carbocycles. The van der Waals surface area contributed by atoms with Crippen LogP contribution in [0.5, 0.6) is 11.5 Å². The number of aryl methyl sites for hydroxylation is 1. The molecule has 0 atom stereocenters. The number of amides is 2. The highest BCUT2D eigenvalue weighted by Gasteiger charge is 2.10. The van der Waals surface area contributed by atoms with Crippen LogP contribution in [-0.2, 0) is 6.42 Å². The Kier molecular flexibility index (Phi) is 5.25. The number of para-hydroxylation sites is 1. The maximum atomic E-state index is 12.0. The molecule has 0 aromatic heterocycles. The van der Waals surface area contributed by atoms with Crippen LogP contribution in [0.1, 0.15) is 12.5 Å². The molecule has 116 valence electrons. The second-order valence-electron chi connectivity index (χ2n) is 4.81. The van der Waals surface area contributed by atoms with E-state index in [1.807, 2.05) is 24.3 Å². The number of benzene rings is 2. The van der Waals surface area contributed by atoms with Gasteiger partial charge in [0.15, 0.2) is 6.73 Å². The summed E-state index contributed by atoms with van der Waals surface area (Å²) in [4.78, 5) is 13.5. The van der Waals surface area contributed by atoms with Crippen LogP contribution in [0.4, 0.5) is 10.5 Å². The van der Waals surface area contributed by atoms with Crippen LogP contribution >= 0.6 is 0 Å². The third kappa shape index (κ3) is 3.91. The number of carbonyl (C=O) groups is 1. The van der Waals surface area contributed by atoms with Crippen molar-refractivity contribution in [1.82, 2.24) is 5.32 Å². The lowest BCUT2D eigenvalue weighted by Crippen LogP contribution is -2.39. The molecule has 5 nitrogen and oxygen atoms in total. The zero-order chi connectivity index (χ0) is 15.9. The van der Waals surface area contributed by atoms with Gasteiger partial charge in [-0.05, 0) is 42.3 Å². The van der Waals surface area contributed by atoms with Crippen LogP contribution in [0.2, 0.25) is 0 Å². The number of hydrogen-bond acceptors (Lipinski definition) is 3. The van der Waals surface area contributed by atoms with Crippen molar-refractivity contribution in [3.05, 3.63) is 54.1 Å². The molecule has 2 N–H and O–H groups in total. The highest BCUT2D eigenvalue weighted by molar-refractivity contribution is 5.91. The lowest BCUT2D eigenvalue weighted by atomic mass is 10.1. The van der Waals surface area contributed by atoms with Crippen molar-refractivity contribution in [1.29, 1.82) is 0 Å². The predicted molar refractivity (Wildman–Crippen MR) is 86.4 cm³/mol. The molecule has 5 heteroatoms. The van der Waals surface area contributed by atoms with Crippen molar-refractivity contribution in [2.24, 2.45) is 0 Å². The van der Waals surface area contributed by atoms with E-state index in [4.69, 9.17) is 4.74 Å². The number of nitrogens with zero attached hydrogens (tertiary/aromatic N) is 1. The van der Waals surface area contributed by atoms with Crippen LogP contribution < -0.4 is 15.0 Å². The fraction of sp³-hybridized carbons (Fsp3) is 0.235. The first-order valence-electron chi connectivity index (χ1n) is 7.13. The topological polar surface area (TPSA) is 61.8 Å². The molecule has 0 fully saturated rings. The van der Waals surface area contributed by atoms with E-state index in [1.54, 1.807) is 19.2 Å². The number of phenols is 1. The minimum Gasteiger partial charge on any atom is -0.508 e. The first-order chi connectivity index (χ1) is 10.6. The highest BCUT2D eigenvalue weighted by Crippen LogP contribution is 2.18. The molecule has 0 heterocycles. The van der Waals surface area contributed by atoms with Gasteiger partial charge in [0.1, 0.15) is 11.5 Å². The van der Waals surface area contributed by atoms with Crippen molar-refractivity contribution in [2.75, 3.05) is 18.7 Å². The van der Waals surface area contributed by atoms with Gasteiger partial charge in [-0.25, -0.2) is 4.79 Å². The van der Waals surface area contributed by atoms with Crippen LogP contribution in [0.15, 0.2) is 48.5 Å². The first kappa shape index (κ1) is 15.7. The quantitative estimate of drug-likeness (QED) is 0.834. The Bertz CT molecular complexity index is 626. The Morgan fingerprint density at radius 2 is 1.86 bits per heavy atom. The molecule has 2 amide bonds. The van der Waals surface area contributed by atoms with Gasteiger partial charge in [0.25, 0.3) is 0 Å². The molecule has 2 rings (SSSR count). The van der Waals surface area contributed by atoms with Gasteiger partial charge in [0, 0.05) is 12.7 Å². The molecule has 0 spiro atoms. The summed E-state index contributed by atoms with van der Waals surface area (Å²) in [7, 11) is 1.65. The summed E-state index contributed by atoms with van der Waals surface area (Å²) in [6.07, 6.45) is 0.873. The molecule has 2 aromatic rings. The minimum absolute atomic E-state index is 0.0955. The van der Waals surface area contributed by atoms with Gasteiger partial charge in [0.2, 0.25) is 0 Å². The molecule has 0 bridgehead atoms. The number of anilines is 1. The van der Waals surface area contributed by atoms with E-state index in [2.05, 4.69) is 12.2 Å². The van der Waals surface area contributed by atoms with E-state index in [9.17, 15) is 9.90 Å². The van der Waals surface area contributed by atoms with Crippen LogP contribution in [0, 0.1) is 0 Å². The first-order valence-corrected chi connectivity index (χ1v) is 7.13. The zero-order valence-corrected chi connectivity index (χ0v) is 12.7. The average Bonchev–Trinajstić information content (AvgIpc) is 2.55. The van der Waals surface area contributed by atoms with E-state index in [0.717, 1.165) is 17.7 Å². The van der Waals surface area contributed by atoms with Crippen molar-refractivity contribution in [2.45, 2.75) is 13.3 Å². The molecule has 22 heavy (non-hydrogen) atoms. The maximum Gasteiger partial charge on any atom is 0.324 e. The van der Waals surface area contributed by atoms with E-state index < -0.39 is 0 Å². The summed E-state index contributed by atoms with van der Waals surface area (Å²) >= 11 is 0. The summed E-state index contributed by atoms with van der Waals surface area (Å²) < 4.78 is 5.61. The third-order valence-electron chi connectivity index (χ3n) is 3.35. The predicted octanol–water partition coefficient (Wildman–Crippen LogP) is 3.14. The van der Waals surface area contributed by atoms with Crippen LogP contribution in [0.3, 0.4) is 0 Å². The summed E-state index contributed by atoms with van der Waals surface area (Å²) in [6.45, 7) is 2.15. The van der Waals surface area contributed by atoms with Gasteiger partial charge in [-0.1, -0.05) is 25.1 Å². The Labute approximate surface area is 130 Å². The SMILES string of the molecule is CCc1ccccc1OCNC(=O)N(C)c1ccc(O)cc1. The van der Waals surface area contributed by atoms with E-state index in [1.165, 1.54) is 17.0 Å². The normalized spacial score (nSPS) is 10.1. The fourth-order valence-corrected chi connectivity index (χ4v) is 2.02. The van der Waals surface area contributed by atoms with Crippen molar-refractivity contribution < 1.29 is 14.6 Å². The monoisotopic (exact) mass is 300 g/mol. The fourth-order valence-electron chi connectivity index (χ4n) is 2.02. The maximum absolute atomic E-state index is 12.0. The second-order valence-corrected chi connectivity index (χ2v) is 4.81. The molecule has 0 saturated carbocycles. The van der Waals surface area contributed by atoms with Gasteiger partial charge in [-0.2, -0.15) is 0 Å². The summed E-state index contributed by atoms with van der Waals surface area (Å²) in [5.74, 6) is 0.939. The molecule has 0 saturated heterocycles. The van der Waals surface area contributed by atoms with Crippen LogP contribution in [-0.4, -0.2) is 24.9 Å². The molecule has 0 unspecified atom stereocenters. The summed E-state index contributed by atoms with van der Waals surface area (Å²) in [6, 6.07) is 13.9. The Hall–Kier alpha value is -2.69. The van der Waals surface area contributed by atoms with Gasteiger partial charge in [0.05, 0.1) is 0 Å². The number of carbonyl (C=O) groups excluding carboxylic acids is 1. The van der Waals surface area contributed by atoms with Gasteiger partial charge >= 0.3 is 6.03 Å². The average molecular weight is 300 g/mol. The van der Waals surface area contributed by atoms with Crippen molar-refractivity contribution in [3.8, 4) is 11.5 Å². The molecule has 0 radical (unpaired) electrons. The zero-order valence-electron chi connectivity index (χ0n) is 12.7. The molecular formula is C17H20N2O3.